The van der Waals surface area contributed by atoms with Crippen molar-refractivity contribution in [3.8, 4) is 0 Å². The molecule has 1 saturated carbocycles. The van der Waals surface area contributed by atoms with Crippen molar-refractivity contribution in [1.29, 1.82) is 0 Å². The van der Waals surface area contributed by atoms with Gasteiger partial charge in [-0.2, -0.15) is 0 Å². The highest BCUT2D eigenvalue weighted by Crippen LogP contribution is 2.43. The summed E-state index contributed by atoms with van der Waals surface area (Å²) in [6.07, 6.45) is 3.07. The molecule has 3 heteroatoms. The fraction of sp³-hybridized carbons (Fsp3) is 1.00. The largest absolute Gasteiger partial charge is 0.330 e. The zero-order chi connectivity index (χ0) is 6.04. The SMILES string of the molecule is Cl.NCCCC1(F)CC1. The standard InChI is InChI=1S/C6H12FN.ClH/c7-6(3-4-6)2-1-5-8;/h1-5,8H2;1H. The molecule has 0 spiro atoms. The van der Waals surface area contributed by atoms with Gasteiger partial charge in [0.25, 0.3) is 0 Å². The lowest BCUT2D eigenvalue weighted by atomic mass is 10.2. The summed E-state index contributed by atoms with van der Waals surface area (Å²) >= 11 is 0. The van der Waals surface area contributed by atoms with Crippen molar-refractivity contribution in [2.45, 2.75) is 31.4 Å². The van der Waals surface area contributed by atoms with Gasteiger partial charge in [-0.1, -0.05) is 0 Å². The summed E-state index contributed by atoms with van der Waals surface area (Å²) in [5, 5.41) is 0. The highest BCUT2D eigenvalue weighted by Gasteiger charge is 2.41. The van der Waals surface area contributed by atoms with Crippen molar-refractivity contribution in [3.05, 3.63) is 0 Å². The van der Waals surface area contributed by atoms with Crippen molar-refractivity contribution in [1.82, 2.24) is 0 Å². The summed E-state index contributed by atoms with van der Waals surface area (Å²) in [4.78, 5) is 0. The molecule has 56 valence electrons. The Morgan fingerprint density at radius 3 is 2.33 bits per heavy atom. The van der Waals surface area contributed by atoms with Gasteiger partial charge in [0.1, 0.15) is 5.67 Å². The van der Waals surface area contributed by atoms with Crippen LogP contribution in [0, 0.1) is 0 Å². The van der Waals surface area contributed by atoms with E-state index in [4.69, 9.17) is 5.73 Å². The molecule has 1 rings (SSSR count). The molecular weight excluding hydrogens is 141 g/mol. The van der Waals surface area contributed by atoms with Crippen molar-refractivity contribution in [3.63, 3.8) is 0 Å². The van der Waals surface area contributed by atoms with Crippen LogP contribution in [-0.4, -0.2) is 12.2 Å². The van der Waals surface area contributed by atoms with Gasteiger partial charge in [-0.25, -0.2) is 4.39 Å². The molecule has 1 aliphatic carbocycles. The van der Waals surface area contributed by atoms with E-state index in [-0.39, 0.29) is 12.4 Å². The van der Waals surface area contributed by atoms with E-state index < -0.39 is 5.67 Å². The van der Waals surface area contributed by atoms with Gasteiger partial charge in [0.05, 0.1) is 0 Å². The number of hydrogen-bond donors (Lipinski definition) is 1. The van der Waals surface area contributed by atoms with Crippen molar-refractivity contribution >= 4 is 12.4 Å². The van der Waals surface area contributed by atoms with E-state index in [1.807, 2.05) is 0 Å². The molecule has 0 atom stereocenters. The molecule has 0 bridgehead atoms. The number of nitrogens with two attached hydrogens (primary N) is 1. The van der Waals surface area contributed by atoms with Crippen LogP contribution in [0.3, 0.4) is 0 Å². The molecule has 0 amide bonds. The lowest BCUT2D eigenvalue weighted by Crippen LogP contribution is -2.05. The Hall–Kier alpha value is 0.180. The first-order chi connectivity index (χ1) is 3.77. The van der Waals surface area contributed by atoms with Crippen LogP contribution in [0.5, 0.6) is 0 Å². The van der Waals surface area contributed by atoms with E-state index in [1.54, 1.807) is 0 Å². The smallest absolute Gasteiger partial charge is 0.111 e. The first kappa shape index (κ1) is 9.18. The van der Waals surface area contributed by atoms with E-state index in [1.165, 1.54) is 0 Å². The summed E-state index contributed by atoms with van der Waals surface area (Å²) in [6, 6.07) is 0. The van der Waals surface area contributed by atoms with Gasteiger partial charge in [-0.05, 0) is 32.2 Å². The molecule has 0 aromatic heterocycles. The average Bonchev–Trinajstić information content (AvgIpc) is 2.45. The molecular formula is C6H13ClFN. The number of alkyl halides is 1. The minimum atomic E-state index is -0.778. The lowest BCUT2D eigenvalue weighted by Gasteiger charge is -1.99. The van der Waals surface area contributed by atoms with Crippen LogP contribution in [0.2, 0.25) is 0 Å². The number of hydrogen-bond acceptors (Lipinski definition) is 1. The maximum absolute atomic E-state index is 12.6. The third kappa shape index (κ3) is 3.01. The molecule has 0 aliphatic heterocycles. The lowest BCUT2D eigenvalue weighted by molar-refractivity contribution is 0.285. The fourth-order valence-electron chi connectivity index (χ4n) is 0.805. The number of halogens is 2. The van der Waals surface area contributed by atoms with Crippen molar-refractivity contribution < 1.29 is 4.39 Å². The second kappa shape index (κ2) is 3.37. The summed E-state index contributed by atoms with van der Waals surface area (Å²) < 4.78 is 12.6. The molecule has 9 heavy (non-hydrogen) atoms. The predicted octanol–water partition coefficient (Wildman–Crippen LogP) is 1.65. The molecule has 0 aromatic carbocycles. The maximum atomic E-state index is 12.6. The van der Waals surface area contributed by atoms with Gasteiger partial charge in [-0.3, -0.25) is 0 Å². The van der Waals surface area contributed by atoms with Crippen LogP contribution in [0.25, 0.3) is 0 Å². The van der Waals surface area contributed by atoms with Crippen LogP contribution in [0.4, 0.5) is 4.39 Å². The van der Waals surface area contributed by atoms with E-state index in [0.717, 1.165) is 19.3 Å². The summed E-state index contributed by atoms with van der Waals surface area (Å²) in [6.45, 7) is 0.631. The van der Waals surface area contributed by atoms with Crippen LogP contribution in [0.1, 0.15) is 25.7 Å². The molecule has 0 unspecified atom stereocenters. The second-order valence-corrected chi connectivity index (χ2v) is 2.54. The third-order valence-electron chi connectivity index (χ3n) is 1.62. The first-order valence-electron chi connectivity index (χ1n) is 3.16. The minimum Gasteiger partial charge on any atom is -0.330 e. The van der Waals surface area contributed by atoms with Gasteiger partial charge in [0.15, 0.2) is 0 Å². The minimum absolute atomic E-state index is 0. The summed E-state index contributed by atoms with van der Waals surface area (Å²) in [5.41, 5.74) is 4.42. The molecule has 2 N–H and O–H groups in total. The van der Waals surface area contributed by atoms with E-state index in [9.17, 15) is 4.39 Å². The first-order valence-corrected chi connectivity index (χ1v) is 3.16. The molecule has 0 radical (unpaired) electrons. The van der Waals surface area contributed by atoms with Crippen molar-refractivity contribution in [2.75, 3.05) is 6.54 Å². The molecule has 0 heterocycles. The average molecular weight is 154 g/mol. The monoisotopic (exact) mass is 153 g/mol. The molecule has 0 saturated heterocycles. The molecule has 1 nitrogen and oxygen atoms in total. The quantitative estimate of drug-likeness (QED) is 0.656. The Kier molecular flexibility index (Phi) is 3.44. The highest BCUT2D eigenvalue weighted by molar-refractivity contribution is 5.85. The topological polar surface area (TPSA) is 26.0 Å². The van der Waals surface area contributed by atoms with E-state index in [0.29, 0.717) is 13.0 Å². The van der Waals surface area contributed by atoms with Gasteiger partial charge in [-0.15, -0.1) is 12.4 Å². The van der Waals surface area contributed by atoms with Gasteiger partial charge >= 0.3 is 0 Å². The fourth-order valence-corrected chi connectivity index (χ4v) is 0.805. The van der Waals surface area contributed by atoms with Gasteiger partial charge < -0.3 is 5.73 Å². The van der Waals surface area contributed by atoms with E-state index in [2.05, 4.69) is 0 Å². The number of rotatable bonds is 3. The van der Waals surface area contributed by atoms with Crippen molar-refractivity contribution in [2.24, 2.45) is 5.73 Å². The van der Waals surface area contributed by atoms with Gasteiger partial charge in [0, 0.05) is 0 Å². The zero-order valence-corrected chi connectivity index (χ0v) is 6.22. The molecule has 1 aliphatic rings. The molecule has 0 aromatic rings. The van der Waals surface area contributed by atoms with E-state index >= 15 is 0 Å². The Bertz CT molecular complexity index is 83.1. The maximum Gasteiger partial charge on any atom is 0.111 e. The zero-order valence-electron chi connectivity index (χ0n) is 5.40. The van der Waals surface area contributed by atoms with Crippen LogP contribution in [-0.2, 0) is 0 Å². The summed E-state index contributed by atoms with van der Waals surface area (Å²) in [5.74, 6) is 0. The molecule has 1 fully saturated rings. The second-order valence-electron chi connectivity index (χ2n) is 2.54. The highest BCUT2D eigenvalue weighted by atomic mass is 35.5. The normalized spacial score (nSPS) is 20.7. The summed E-state index contributed by atoms with van der Waals surface area (Å²) in [7, 11) is 0. The Balaban J connectivity index is 0.000000640. The van der Waals surface area contributed by atoms with Crippen LogP contribution >= 0.6 is 12.4 Å². The van der Waals surface area contributed by atoms with Crippen LogP contribution in [0.15, 0.2) is 0 Å². The Morgan fingerprint density at radius 1 is 1.44 bits per heavy atom. The Morgan fingerprint density at radius 2 is 2.00 bits per heavy atom. The Labute approximate surface area is 61.2 Å². The predicted molar refractivity (Wildman–Crippen MR) is 38.6 cm³/mol. The van der Waals surface area contributed by atoms with Crippen LogP contribution < -0.4 is 5.73 Å². The third-order valence-corrected chi connectivity index (χ3v) is 1.62. The van der Waals surface area contributed by atoms with Gasteiger partial charge in [0.2, 0.25) is 0 Å².